The third-order valence-corrected chi connectivity index (χ3v) is 27.8. The van der Waals surface area contributed by atoms with Crippen molar-refractivity contribution in [1.82, 2.24) is 0 Å². The fourth-order valence-electron chi connectivity index (χ4n) is 22.0. The van der Waals surface area contributed by atoms with Gasteiger partial charge in [-0.05, 0) is 290 Å². The lowest BCUT2D eigenvalue weighted by molar-refractivity contribution is 0.660. The van der Waals surface area contributed by atoms with E-state index in [9.17, 15) is 0 Å². The second-order valence-electron chi connectivity index (χ2n) is 35.1. The summed E-state index contributed by atoms with van der Waals surface area (Å²) in [4.78, 5) is 5.06. The van der Waals surface area contributed by atoms with E-state index in [4.69, 9.17) is 0 Å². The molecule has 0 aliphatic heterocycles. The quantitative estimate of drug-likeness (QED) is 0.120. The van der Waals surface area contributed by atoms with Gasteiger partial charge < -0.3 is 9.80 Å². The van der Waals surface area contributed by atoms with Gasteiger partial charge in [0.05, 0.1) is 10.8 Å². The van der Waals surface area contributed by atoms with Crippen LogP contribution < -0.4 is 9.80 Å². The largest absolute Gasteiger partial charge is 0.310 e. The zero-order valence-electron chi connectivity index (χ0n) is 70.2. The number of rotatable bonds is 12. The second-order valence-corrected chi connectivity index (χ2v) is 35.1. The molecule has 18 aromatic rings. The number of nitrogens with zero attached hydrogens (tertiary/aromatic N) is 2. The Morgan fingerprint density at radius 3 is 0.738 bits per heavy atom. The predicted octanol–water partition coefficient (Wildman–Crippen LogP) is 31.5. The lowest BCUT2D eigenvalue weighted by atomic mass is 9.67. The van der Waals surface area contributed by atoms with Gasteiger partial charge in [-0.15, -0.1) is 0 Å². The van der Waals surface area contributed by atoms with Crippen LogP contribution in [0.4, 0.5) is 34.1 Å². The number of hydrogen-bond acceptors (Lipinski definition) is 2. The van der Waals surface area contributed by atoms with Crippen LogP contribution in [0, 0.1) is 27.7 Å². The van der Waals surface area contributed by atoms with Gasteiger partial charge in [0.2, 0.25) is 0 Å². The van der Waals surface area contributed by atoms with Crippen LogP contribution in [0.3, 0.4) is 0 Å². The van der Waals surface area contributed by atoms with Gasteiger partial charge in [0, 0.05) is 45.0 Å². The highest BCUT2D eigenvalue weighted by Gasteiger charge is 2.52. The van der Waals surface area contributed by atoms with Crippen molar-refractivity contribution in [2.45, 2.75) is 77.0 Å². The van der Waals surface area contributed by atoms with Crippen molar-refractivity contribution in [1.29, 1.82) is 0 Å². The number of anilines is 6. The maximum Gasteiger partial charge on any atom is 0.0726 e. The highest BCUT2D eigenvalue weighted by atomic mass is 15.2. The molecule has 23 rings (SSSR count). The molecule has 0 unspecified atom stereocenters. The summed E-state index contributed by atoms with van der Waals surface area (Å²) in [6.07, 6.45) is 0. The molecule has 2 nitrogen and oxygen atoms in total. The molecule has 0 fully saturated rings. The van der Waals surface area contributed by atoms with Crippen LogP contribution in [0.1, 0.15) is 117 Å². The Morgan fingerprint density at radius 1 is 0.164 bits per heavy atom. The molecule has 0 heterocycles. The summed E-state index contributed by atoms with van der Waals surface area (Å²) in [7, 11) is 0. The van der Waals surface area contributed by atoms with Crippen molar-refractivity contribution < 1.29 is 0 Å². The highest BCUT2D eigenvalue weighted by molar-refractivity contribution is 5.99. The van der Waals surface area contributed by atoms with E-state index in [-0.39, 0.29) is 10.8 Å². The van der Waals surface area contributed by atoms with Gasteiger partial charge in [0.15, 0.2) is 0 Å². The molecule has 1 spiro atoms. The number of aryl methyl sites for hydroxylation is 4. The first-order valence-corrected chi connectivity index (χ1v) is 43.1. The molecule has 2 heteroatoms. The Kier molecular flexibility index (Phi) is 17.4. The Bertz CT molecular complexity index is 6760. The Morgan fingerprint density at radius 2 is 0.402 bits per heavy atom. The summed E-state index contributed by atoms with van der Waals surface area (Å²) in [5, 5.41) is 0. The summed E-state index contributed by atoms with van der Waals surface area (Å²) in [5.41, 5.74) is 49.8. The molecule has 0 saturated carbocycles. The molecule has 5 aliphatic rings. The van der Waals surface area contributed by atoms with E-state index in [1.54, 1.807) is 0 Å². The standard InChI is InChI=1S/C60H45N.C60H47N/c1-38-35-58(39(2)34-51(38)42-28-26-41(27-29-42)40-16-6-5-7-17-40)61(43-30-32-49-45-18-8-12-22-52(45)59(3,4)56(49)36-43)44-31-33-50-48-21-11-15-25-55(48)60(57(50)37-44)53-23-13-9-19-46(53)47-20-10-14-24-54(47)60;1-40-37-58(41(2)36-53(40)44-30-28-43(29-31-44)42-18-8-5-9-19-42)61(47-32-34-51-49-24-14-16-26-54(49)59(3,4)56(51)38-47)48-33-35-52-50-25-15-17-27-55(50)60(57(52)39-48,45-20-10-6-11-21-45)46-22-12-7-13-23-46/h5-37H,1-4H3;5-39H,1-4H3. The highest BCUT2D eigenvalue weighted by Crippen LogP contribution is 2.65. The van der Waals surface area contributed by atoms with Crippen LogP contribution in [0.15, 0.2) is 413 Å². The van der Waals surface area contributed by atoms with Crippen LogP contribution >= 0.6 is 0 Å². The monoisotopic (exact) mass is 1560 g/mol. The first kappa shape index (κ1) is 73.9. The van der Waals surface area contributed by atoms with Crippen molar-refractivity contribution in [2.75, 3.05) is 9.80 Å². The van der Waals surface area contributed by atoms with Gasteiger partial charge in [-0.1, -0.05) is 367 Å². The Balaban J connectivity index is 0.000000146. The van der Waals surface area contributed by atoms with Crippen LogP contribution in [0.5, 0.6) is 0 Å². The number of fused-ring (bicyclic) bond motifs is 19. The smallest absolute Gasteiger partial charge is 0.0726 e. The molecule has 0 aromatic heterocycles. The maximum absolute atomic E-state index is 2.54. The maximum atomic E-state index is 2.54. The van der Waals surface area contributed by atoms with E-state index < -0.39 is 10.8 Å². The zero-order valence-corrected chi connectivity index (χ0v) is 70.2. The molecule has 0 bridgehead atoms. The van der Waals surface area contributed by atoms with Crippen LogP contribution in [-0.2, 0) is 21.7 Å². The van der Waals surface area contributed by atoms with Crippen LogP contribution in [0.2, 0.25) is 0 Å². The summed E-state index contributed by atoms with van der Waals surface area (Å²) < 4.78 is 0. The molecule has 0 N–H and O–H groups in total. The number of hydrogen-bond donors (Lipinski definition) is 0. The third-order valence-electron chi connectivity index (χ3n) is 27.8. The molecule has 122 heavy (non-hydrogen) atoms. The Labute approximate surface area is 717 Å². The number of benzene rings is 18. The SMILES string of the molecule is Cc1cc(N(c2ccc3c(c2)C(C)(C)c2ccccc2-3)c2ccc3c(c2)C(c2ccccc2)(c2ccccc2)c2ccccc2-3)c(C)cc1-c1ccc(-c2ccccc2)cc1.Cc1cc(N(c2ccc3c(c2)C(C)(C)c2ccccc2-3)c2ccc3c(c2)C2(c4ccccc4-c4ccccc42)c2ccccc2-3)c(C)cc1-c1ccc(-c2ccccc2)cc1. The van der Waals surface area contributed by atoms with E-state index in [0.717, 1.165) is 17.1 Å². The fraction of sp³-hybridized carbons (Fsp3) is 0.100. The van der Waals surface area contributed by atoms with E-state index in [0.29, 0.717) is 0 Å². The van der Waals surface area contributed by atoms with Crippen LogP contribution in [0.25, 0.3) is 100 Å². The van der Waals surface area contributed by atoms with Crippen molar-refractivity contribution >= 4 is 34.1 Å². The molecular weight excluding hydrogens is 1470 g/mol. The third kappa shape index (κ3) is 11.3. The van der Waals surface area contributed by atoms with Gasteiger partial charge in [0.1, 0.15) is 0 Å². The zero-order chi connectivity index (χ0) is 82.3. The minimum absolute atomic E-state index is 0.130. The van der Waals surface area contributed by atoms with Gasteiger partial charge in [-0.2, -0.15) is 0 Å². The van der Waals surface area contributed by atoms with Gasteiger partial charge >= 0.3 is 0 Å². The van der Waals surface area contributed by atoms with E-state index in [2.05, 4.69) is 478 Å². The molecule has 0 atom stereocenters. The van der Waals surface area contributed by atoms with Crippen molar-refractivity contribution in [3.63, 3.8) is 0 Å². The minimum atomic E-state index is -0.502. The van der Waals surface area contributed by atoms with Gasteiger partial charge in [0.25, 0.3) is 0 Å². The van der Waals surface area contributed by atoms with E-state index in [1.807, 2.05) is 0 Å². The topological polar surface area (TPSA) is 6.48 Å². The van der Waals surface area contributed by atoms with Crippen molar-refractivity contribution in [2.24, 2.45) is 0 Å². The molecule has 18 aromatic carbocycles. The fourth-order valence-corrected chi connectivity index (χ4v) is 22.0. The molecule has 582 valence electrons. The lowest BCUT2D eigenvalue weighted by Crippen LogP contribution is -2.28. The normalized spacial score (nSPS) is 14.0. The lowest BCUT2D eigenvalue weighted by Gasteiger charge is -2.35. The van der Waals surface area contributed by atoms with E-state index >= 15 is 0 Å². The van der Waals surface area contributed by atoms with Crippen molar-refractivity contribution in [3.05, 3.63) is 502 Å². The summed E-state index contributed by atoms with van der Waals surface area (Å²) in [6, 6.07) is 154. The van der Waals surface area contributed by atoms with E-state index in [1.165, 1.54) is 206 Å². The average molecular weight is 1560 g/mol. The van der Waals surface area contributed by atoms with Crippen molar-refractivity contribution in [3.8, 4) is 100 Å². The first-order chi connectivity index (χ1) is 59.7. The van der Waals surface area contributed by atoms with Crippen LogP contribution in [-0.4, -0.2) is 0 Å². The molecule has 0 radical (unpaired) electrons. The second kappa shape index (κ2) is 28.7. The average Bonchev–Trinajstić information content (AvgIpc) is 1.51. The van der Waals surface area contributed by atoms with Gasteiger partial charge in [-0.25, -0.2) is 0 Å². The van der Waals surface area contributed by atoms with Gasteiger partial charge in [-0.3, -0.25) is 0 Å². The summed E-state index contributed by atoms with van der Waals surface area (Å²) >= 11 is 0. The summed E-state index contributed by atoms with van der Waals surface area (Å²) in [5.74, 6) is 0. The summed E-state index contributed by atoms with van der Waals surface area (Å²) in [6.45, 7) is 18.6. The Hall–Kier alpha value is -14.4. The molecule has 0 amide bonds. The predicted molar refractivity (Wildman–Crippen MR) is 512 cm³/mol. The molecule has 5 aliphatic carbocycles. The molecular formula is C120H92N2. The minimum Gasteiger partial charge on any atom is -0.310 e. The first-order valence-electron chi connectivity index (χ1n) is 43.1. The molecule has 0 saturated heterocycles.